The van der Waals surface area contributed by atoms with Crippen LogP contribution in [0.15, 0.2) is 50.2 Å². The van der Waals surface area contributed by atoms with Crippen LogP contribution < -0.4 is 4.90 Å². The Morgan fingerprint density at radius 3 is 2.73 bits per heavy atom. The van der Waals surface area contributed by atoms with Crippen LogP contribution in [0, 0.1) is 0 Å². The van der Waals surface area contributed by atoms with E-state index in [2.05, 4.69) is 73.2 Å². The molecule has 1 N–H and O–H groups in total. The lowest BCUT2D eigenvalue weighted by Crippen LogP contribution is -2.30. The first-order valence-electron chi connectivity index (χ1n) is 10.8. The largest absolute Gasteiger partial charge is 0.481 e. The lowest BCUT2D eigenvalue weighted by molar-refractivity contribution is -0.137. The van der Waals surface area contributed by atoms with E-state index in [1.807, 2.05) is 6.08 Å². The second kappa shape index (κ2) is 9.68. The normalized spacial score (nSPS) is 23.2. The minimum Gasteiger partial charge on any atom is -0.481 e. The van der Waals surface area contributed by atoms with E-state index < -0.39 is 5.97 Å². The summed E-state index contributed by atoms with van der Waals surface area (Å²) in [7, 11) is 0. The summed E-state index contributed by atoms with van der Waals surface area (Å²) in [5.41, 5.74) is 4.78. The van der Waals surface area contributed by atoms with Gasteiger partial charge in [0.25, 0.3) is 5.91 Å². The zero-order valence-corrected chi connectivity index (χ0v) is 22.5. The number of carboxylic acids is 1. The summed E-state index contributed by atoms with van der Waals surface area (Å²) in [6.07, 6.45) is 5.47. The summed E-state index contributed by atoms with van der Waals surface area (Å²) in [6, 6.07) is 13.3. The van der Waals surface area contributed by atoms with Gasteiger partial charge in [0.05, 0.1) is 22.1 Å². The number of nitrogens with zero attached hydrogens (tertiary/aromatic N) is 2. The predicted molar refractivity (Wildman–Crippen MR) is 143 cm³/mol. The van der Waals surface area contributed by atoms with Crippen LogP contribution in [0.4, 0.5) is 11.4 Å². The topological polar surface area (TPSA) is 60.9 Å². The number of anilines is 2. The maximum atomic E-state index is 12.9. The van der Waals surface area contributed by atoms with Crippen LogP contribution in [0.3, 0.4) is 0 Å². The van der Waals surface area contributed by atoms with Gasteiger partial charge in [-0.1, -0.05) is 22.4 Å². The van der Waals surface area contributed by atoms with E-state index in [1.165, 1.54) is 59.9 Å². The molecule has 2 fully saturated rings. The monoisotopic (exact) mass is 608 g/mol. The van der Waals surface area contributed by atoms with Crippen molar-refractivity contribution >= 4 is 84.9 Å². The standard InChI is InChI=1S/C24H22Br2N2O3S2/c25-15-4-6-16(7-5-15)28-20-3-1-2-17(20)18-10-14(11-19(26)23(18)28)12-21-24(31)27(33-13-32-21)9-8-22(29)30/h4-7,10-12,17,20H,1-3,8-9,13H2,(H,29,30)/b21-12+. The van der Waals surface area contributed by atoms with Gasteiger partial charge in [0.2, 0.25) is 0 Å². The van der Waals surface area contributed by atoms with Gasteiger partial charge in [-0.3, -0.25) is 13.9 Å². The molecule has 1 saturated heterocycles. The Morgan fingerprint density at radius 2 is 1.97 bits per heavy atom. The SMILES string of the molecule is O=C(O)CCN1SCS/C(=C/c2cc(Br)c3c(c2)C2CCCC2N3c2ccc(Br)cc2)C1=O. The van der Waals surface area contributed by atoms with Crippen LogP contribution in [-0.2, 0) is 9.59 Å². The molecule has 5 rings (SSSR count). The Labute approximate surface area is 218 Å². The molecule has 2 aromatic carbocycles. The summed E-state index contributed by atoms with van der Waals surface area (Å²) >= 11 is 10.3. The molecule has 1 saturated carbocycles. The highest BCUT2D eigenvalue weighted by Crippen LogP contribution is 2.55. The number of hydrogen-bond donors (Lipinski definition) is 1. The molecule has 2 aliphatic heterocycles. The lowest BCUT2D eigenvalue weighted by Gasteiger charge is -2.28. The molecule has 3 aliphatic rings. The number of rotatable bonds is 5. The molecular weight excluding hydrogens is 588 g/mol. The number of fused-ring (bicyclic) bond motifs is 3. The highest BCUT2D eigenvalue weighted by molar-refractivity contribution is 9.10. The van der Waals surface area contributed by atoms with Crippen molar-refractivity contribution in [2.24, 2.45) is 0 Å². The summed E-state index contributed by atoms with van der Waals surface area (Å²) in [6.45, 7) is 0.219. The first-order chi connectivity index (χ1) is 15.9. The quantitative estimate of drug-likeness (QED) is 0.291. The molecule has 2 unspecified atom stereocenters. The molecule has 1 amide bonds. The van der Waals surface area contributed by atoms with Crippen LogP contribution in [0.5, 0.6) is 0 Å². The Bertz CT molecular complexity index is 1140. The molecule has 0 radical (unpaired) electrons. The fourth-order valence-corrected chi connectivity index (χ4v) is 8.10. The maximum Gasteiger partial charge on any atom is 0.305 e. The van der Waals surface area contributed by atoms with Crippen molar-refractivity contribution in [3.8, 4) is 0 Å². The summed E-state index contributed by atoms with van der Waals surface area (Å²) in [5, 5.41) is 9.66. The molecule has 0 aromatic heterocycles. The van der Waals surface area contributed by atoms with Crippen molar-refractivity contribution in [1.82, 2.24) is 4.31 Å². The molecule has 2 heterocycles. The van der Waals surface area contributed by atoms with Gasteiger partial charge in [0.15, 0.2) is 0 Å². The van der Waals surface area contributed by atoms with Crippen LogP contribution in [0.2, 0.25) is 0 Å². The first kappa shape index (κ1) is 23.3. The second-order valence-electron chi connectivity index (χ2n) is 8.34. The molecule has 172 valence electrons. The van der Waals surface area contributed by atoms with E-state index in [-0.39, 0.29) is 18.9 Å². The molecule has 5 nitrogen and oxygen atoms in total. The van der Waals surface area contributed by atoms with Crippen molar-refractivity contribution in [1.29, 1.82) is 0 Å². The fraction of sp³-hybridized carbons (Fsp3) is 0.333. The number of halogens is 2. The van der Waals surface area contributed by atoms with Gasteiger partial charge in [-0.05, 0) is 94.3 Å². The Morgan fingerprint density at radius 1 is 1.18 bits per heavy atom. The molecule has 2 atom stereocenters. The van der Waals surface area contributed by atoms with Gasteiger partial charge in [0.1, 0.15) is 0 Å². The zero-order valence-electron chi connectivity index (χ0n) is 17.7. The van der Waals surface area contributed by atoms with Gasteiger partial charge in [-0.25, -0.2) is 0 Å². The van der Waals surface area contributed by atoms with Crippen LogP contribution in [-0.4, -0.2) is 39.0 Å². The number of carbonyl (C=O) groups excluding carboxylic acids is 1. The van der Waals surface area contributed by atoms with Crippen LogP contribution in [0.25, 0.3) is 6.08 Å². The van der Waals surface area contributed by atoms with Crippen LogP contribution in [0.1, 0.15) is 42.7 Å². The minimum atomic E-state index is -0.892. The second-order valence-corrected chi connectivity index (χ2v) is 12.5. The highest BCUT2D eigenvalue weighted by Gasteiger charge is 2.43. The van der Waals surface area contributed by atoms with E-state index in [4.69, 9.17) is 5.11 Å². The average Bonchev–Trinajstić information content (AvgIpc) is 3.37. The zero-order chi connectivity index (χ0) is 23.1. The minimum absolute atomic E-state index is 0.0456. The first-order valence-corrected chi connectivity index (χ1v) is 14.3. The van der Waals surface area contributed by atoms with Crippen LogP contribution >= 0.6 is 55.6 Å². The average molecular weight is 610 g/mol. The Kier molecular flexibility index (Phi) is 6.84. The Hall–Kier alpha value is -1.42. The van der Waals surface area contributed by atoms with Gasteiger partial charge in [-0.2, -0.15) is 0 Å². The number of carbonyl (C=O) groups is 2. The molecule has 2 aromatic rings. The number of hydrogen-bond acceptors (Lipinski definition) is 5. The van der Waals surface area contributed by atoms with Crippen molar-refractivity contribution in [3.05, 3.63) is 61.4 Å². The van der Waals surface area contributed by atoms with E-state index in [1.54, 1.807) is 4.31 Å². The third-order valence-electron chi connectivity index (χ3n) is 6.36. The highest BCUT2D eigenvalue weighted by atomic mass is 79.9. The molecule has 0 bridgehead atoms. The summed E-state index contributed by atoms with van der Waals surface area (Å²) in [4.78, 5) is 27.0. The van der Waals surface area contributed by atoms with E-state index in [9.17, 15) is 9.59 Å². The van der Waals surface area contributed by atoms with E-state index in [0.717, 1.165) is 14.5 Å². The molecule has 0 spiro atoms. The van der Waals surface area contributed by atoms with Gasteiger partial charge < -0.3 is 10.0 Å². The maximum absolute atomic E-state index is 12.9. The number of amides is 1. The van der Waals surface area contributed by atoms with E-state index >= 15 is 0 Å². The smallest absolute Gasteiger partial charge is 0.305 e. The predicted octanol–water partition coefficient (Wildman–Crippen LogP) is 7.00. The van der Waals surface area contributed by atoms with E-state index in [0.29, 0.717) is 21.9 Å². The number of thioether (sulfide) groups is 1. The van der Waals surface area contributed by atoms with Gasteiger partial charge in [-0.15, -0.1) is 11.8 Å². The third kappa shape index (κ3) is 4.61. The number of aliphatic carboxylic acids is 1. The van der Waals surface area contributed by atoms with Gasteiger partial charge in [0, 0.05) is 33.1 Å². The molecule has 9 heteroatoms. The molecular formula is C24H22Br2N2O3S2. The van der Waals surface area contributed by atoms with Crippen molar-refractivity contribution < 1.29 is 14.7 Å². The van der Waals surface area contributed by atoms with Gasteiger partial charge >= 0.3 is 5.97 Å². The van der Waals surface area contributed by atoms with Crippen molar-refractivity contribution in [2.45, 2.75) is 37.6 Å². The van der Waals surface area contributed by atoms with Crippen molar-refractivity contribution in [2.75, 3.05) is 16.5 Å². The third-order valence-corrected chi connectivity index (χ3v) is 9.65. The Balaban J connectivity index is 1.48. The molecule has 33 heavy (non-hydrogen) atoms. The lowest BCUT2D eigenvalue weighted by atomic mass is 9.96. The van der Waals surface area contributed by atoms with Crippen molar-refractivity contribution in [3.63, 3.8) is 0 Å². The summed E-state index contributed by atoms with van der Waals surface area (Å²) < 4.78 is 3.68. The summed E-state index contributed by atoms with van der Waals surface area (Å²) in [5.74, 6) is -0.517. The molecule has 1 aliphatic carbocycles. The number of benzene rings is 2. The number of carboxylic acid groups (broad SMARTS) is 1. The fourth-order valence-electron chi connectivity index (χ4n) is 4.98.